The van der Waals surface area contributed by atoms with Crippen molar-refractivity contribution in [2.24, 2.45) is 0 Å². The molecule has 1 atom stereocenters. The largest absolute Gasteiger partial charge is 0.444 e. The van der Waals surface area contributed by atoms with E-state index in [0.29, 0.717) is 6.61 Å². The van der Waals surface area contributed by atoms with Crippen molar-refractivity contribution in [2.75, 3.05) is 13.7 Å². The molecule has 0 aliphatic carbocycles. The van der Waals surface area contributed by atoms with Crippen molar-refractivity contribution in [2.45, 2.75) is 51.9 Å². The zero-order chi connectivity index (χ0) is 14.8. The minimum Gasteiger partial charge on any atom is -0.444 e. The minimum absolute atomic E-state index is 0.0421. The van der Waals surface area contributed by atoms with E-state index in [2.05, 4.69) is 4.98 Å². The summed E-state index contributed by atoms with van der Waals surface area (Å²) in [4.78, 5) is 18.6. The predicted octanol–water partition coefficient (Wildman–Crippen LogP) is 3.36. The summed E-state index contributed by atoms with van der Waals surface area (Å²) in [6.45, 7) is 6.90. The molecule has 1 amide bonds. The van der Waals surface area contributed by atoms with E-state index >= 15 is 0 Å². The van der Waals surface area contributed by atoms with Gasteiger partial charge in [-0.2, -0.15) is 0 Å². The van der Waals surface area contributed by atoms with Gasteiger partial charge in [0, 0.05) is 19.0 Å². The third kappa shape index (κ3) is 3.70. The van der Waals surface area contributed by atoms with E-state index in [0.717, 1.165) is 30.1 Å². The number of amides is 1. The number of carbonyl (C=O) groups excluding carboxylic acids is 1. The van der Waals surface area contributed by atoms with Crippen molar-refractivity contribution >= 4 is 17.4 Å². The van der Waals surface area contributed by atoms with Gasteiger partial charge in [-0.1, -0.05) is 0 Å². The smallest absolute Gasteiger partial charge is 0.410 e. The van der Waals surface area contributed by atoms with E-state index in [1.54, 1.807) is 23.3 Å². The summed E-state index contributed by atoms with van der Waals surface area (Å²) >= 11 is 1.59. The maximum Gasteiger partial charge on any atom is 0.410 e. The van der Waals surface area contributed by atoms with E-state index in [1.807, 2.05) is 26.2 Å². The van der Waals surface area contributed by atoms with Gasteiger partial charge in [0.1, 0.15) is 10.6 Å². The second kappa shape index (κ2) is 6.10. The van der Waals surface area contributed by atoms with Crippen molar-refractivity contribution in [1.29, 1.82) is 0 Å². The summed E-state index contributed by atoms with van der Waals surface area (Å²) in [7, 11) is 1.65. The molecule has 1 saturated heterocycles. The number of nitrogens with zero attached hydrogens (tertiary/aromatic N) is 2. The van der Waals surface area contributed by atoms with Crippen LogP contribution in [0.3, 0.4) is 0 Å². The van der Waals surface area contributed by atoms with Crippen LogP contribution in [0.15, 0.2) is 5.38 Å². The van der Waals surface area contributed by atoms with E-state index in [9.17, 15) is 4.79 Å². The summed E-state index contributed by atoms with van der Waals surface area (Å²) in [6.07, 6.45) is 1.69. The first kappa shape index (κ1) is 15.3. The summed E-state index contributed by atoms with van der Waals surface area (Å²) < 4.78 is 10.5. The van der Waals surface area contributed by atoms with Crippen LogP contribution < -0.4 is 0 Å². The standard InChI is InChI=1S/C14H22N2O3S/c1-14(2,3)19-13(17)16-7-5-6-11(16)12-15-10(8-18-4)9-20-12/h9,11H,5-8H2,1-4H3. The Kier molecular flexibility index (Phi) is 4.65. The Balaban J connectivity index is 2.08. The van der Waals surface area contributed by atoms with Crippen LogP contribution in [-0.4, -0.2) is 35.2 Å². The number of likely N-dealkylation sites (tertiary alicyclic amines) is 1. The molecule has 1 aliphatic rings. The van der Waals surface area contributed by atoms with Gasteiger partial charge < -0.3 is 9.47 Å². The number of hydrogen-bond acceptors (Lipinski definition) is 5. The molecule has 0 bridgehead atoms. The monoisotopic (exact) mass is 298 g/mol. The van der Waals surface area contributed by atoms with Crippen molar-refractivity contribution < 1.29 is 14.3 Å². The molecule has 1 fully saturated rings. The van der Waals surface area contributed by atoms with Gasteiger partial charge in [0.05, 0.1) is 18.3 Å². The number of aromatic nitrogens is 1. The number of carbonyl (C=O) groups is 1. The lowest BCUT2D eigenvalue weighted by Crippen LogP contribution is -2.36. The Labute approximate surface area is 123 Å². The molecular weight excluding hydrogens is 276 g/mol. The Morgan fingerprint density at radius 1 is 1.55 bits per heavy atom. The minimum atomic E-state index is -0.464. The molecule has 1 unspecified atom stereocenters. The maximum absolute atomic E-state index is 12.2. The lowest BCUT2D eigenvalue weighted by molar-refractivity contribution is 0.0224. The fourth-order valence-corrected chi connectivity index (χ4v) is 3.20. The topological polar surface area (TPSA) is 51.7 Å². The first-order valence-electron chi connectivity index (χ1n) is 6.83. The Morgan fingerprint density at radius 3 is 2.95 bits per heavy atom. The van der Waals surface area contributed by atoms with Gasteiger partial charge in [-0.25, -0.2) is 9.78 Å². The average Bonchev–Trinajstić information content (AvgIpc) is 2.93. The van der Waals surface area contributed by atoms with Gasteiger partial charge in [0.15, 0.2) is 0 Å². The molecule has 20 heavy (non-hydrogen) atoms. The van der Waals surface area contributed by atoms with Crippen molar-refractivity contribution in [3.05, 3.63) is 16.1 Å². The molecule has 0 aromatic carbocycles. The average molecular weight is 298 g/mol. The highest BCUT2D eigenvalue weighted by molar-refractivity contribution is 7.09. The van der Waals surface area contributed by atoms with Crippen LogP contribution in [-0.2, 0) is 16.1 Å². The third-order valence-electron chi connectivity index (χ3n) is 3.03. The molecule has 5 nitrogen and oxygen atoms in total. The highest BCUT2D eigenvalue weighted by Crippen LogP contribution is 2.34. The fraction of sp³-hybridized carbons (Fsp3) is 0.714. The molecule has 1 aromatic heterocycles. The fourth-order valence-electron chi connectivity index (χ4n) is 2.25. The van der Waals surface area contributed by atoms with E-state index < -0.39 is 5.60 Å². The van der Waals surface area contributed by atoms with Gasteiger partial charge >= 0.3 is 6.09 Å². The van der Waals surface area contributed by atoms with Crippen LogP contribution in [0.1, 0.15) is 50.4 Å². The van der Waals surface area contributed by atoms with Crippen LogP contribution in [0.4, 0.5) is 4.79 Å². The number of ether oxygens (including phenoxy) is 2. The van der Waals surface area contributed by atoms with Crippen LogP contribution in [0.5, 0.6) is 0 Å². The Hall–Kier alpha value is -1.14. The van der Waals surface area contributed by atoms with Crippen LogP contribution in [0.2, 0.25) is 0 Å². The first-order chi connectivity index (χ1) is 9.40. The van der Waals surface area contributed by atoms with Crippen LogP contribution >= 0.6 is 11.3 Å². The number of rotatable bonds is 3. The zero-order valence-electron chi connectivity index (χ0n) is 12.5. The second-order valence-corrected chi connectivity index (χ2v) is 6.83. The number of methoxy groups -OCH3 is 1. The zero-order valence-corrected chi connectivity index (χ0v) is 13.3. The normalized spacial score (nSPS) is 19.4. The summed E-state index contributed by atoms with van der Waals surface area (Å²) in [5.74, 6) is 0. The van der Waals surface area contributed by atoms with Gasteiger partial charge in [-0.05, 0) is 33.6 Å². The Morgan fingerprint density at radius 2 is 2.30 bits per heavy atom. The molecule has 1 aromatic rings. The van der Waals surface area contributed by atoms with E-state index in [-0.39, 0.29) is 12.1 Å². The van der Waals surface area contributed by atoms with Gasteiger partial charge in [-0.15, -0.1) is 11.3 Å². The highest BCUT2D eigenvalue weighted by Gasteiger charge is 2.34. The molecule has 2 heterocycles. The predicted molar refractivity (Wildman–Crippen MR) is 77.7 cm³/mol. The van der Waals surface area contributed by atoms with E-state index in [1.165, 1.54) is 0 Å². The summed E-state index contributed by atoms with van der Waals surface area (Å²) in [5.41, 5.74) is 0.456. The maximum atomic E-state index is 12.2. The van der Waals surface area contributed by atoms with Gasteiger partial charge in [-0.3, -0.25) is 4.90 Å². The number of thiazole rings is 1. The van der Waals surface area contributed by atoms with Gasteiger partial charge in [0.2, 0.25) is 0 Å². The molecule has 2 rings (SSSR count). The van der Waals surface area contributed by atoms with Crippen molar-refractivity contribution in [3.63, 3.8) is 0 Å². The molecule has 1 aliphatic heterocycles. The molecule has 112 valence electrons. The van der Waals surface area contributed by atoms with Crippen molar-refractivity contribution in [1.82, 2.24) is 9.88 Å². The summed E-state index contributed by atoms with van der Waals surface area (Å²) in [5, 5.41) is 2.96. The lowest BCUT2D eigenvalue weighted by Gasteiger charge is -2.27. The molecule has 0 N–H and O–H groups in total. The highest BCUT2D eigenvalue weighted by atomic mass is 32.1. The first-order valence-corrected chi connectivity index (χ1v) is 7.71. The quantitative estimate of drug-likeness (QED) is 0.858. The Bertz CT molecular complexity index is 467. The number of hydrogen-bond donors (Lipinski definition) is 0. The molecule has 0 spiro atoms. The SMILES string of the molecule is COCc1csc(C2CCCN2C(=O)OC(C)(C)C)n1. The second-order valence-electron chi connectivity index (χ2n) is 5.94. The lowest BCUT2D eigenvalue weighted by atomic mass is 10.2. The van der Waals surface area contributed by atoms with Crippen LogP contribution in [0, 0.1) is 0 Å². The third-order valence-corrected chi connectivity index (χ3v) is 4.02. The molecule has 0 saturated carbocycles. The molecular formula is C14H22N2O3S. The van der Waals surface area contributed by atoms with Crippen molar-refractivity contribution in [3.8, 4) is 0 Å². The van der Waals surface area contributed by atoms with Gasteiger partial charge in [0.25, 0.3) is 0 Å². The van der Waals surface area contributed by atoms with E-state index in [4.69, 9.17) is 9.47 Å². The molecule has 6 heteroatoms. The molecule has 0 radical (unpaired) electrons. The van der Waals surface area contributed by atoms with Crippen LogP contribution in [0.25, 0.3) is 0 Å². The summed E-state index contributed by atoms with van der Waals surface area (Å²) in [6, 6.07) is 0.0421.